The molecular weight excluding hydrogens is 307 g/mol. The molecule has 0 amide bonds. The molecule has 0 aromatic rings. The largest absolute Gasteiger partial charge is 0.508 e. The highest BCUT2D eigenvalue weighted by molar-refractivity contribution is 14.1. The van der Waals surface area contributed by atoms with Gasteiger partial charge in [-0.05, 0) is 13.8 Å². The van der Waals surface area contributed by atoms with Crippen LogP contribution in [-0.2, 0) is 9.47 Å². The molecule has 15 heavy (non-hydrogen) atoms. The van der Waals surface area contributed by atoms with E-state index in [4.69, 9.17) is 9.47 Å². The molecule has 90 valence electrons. The van der Waals surface area contributed by atoms with Crippen LogP contribution in [0.25, 0.3) is 0 Å². The van der Waals surface area contributed by atoms with Gasteiger partial charge in [-0.1, -0.05) is 50.3 Å². The Labute approximate surface area is 106 Å². The van der Waals surface area contributed by atoms with Crippen molar-refractivity contribution >= 4 is 28.7 Å². The summed E-state index contributed by atoms with van der Waals surface area (Å²) in [6.07, 6.45) is -0.585. The molecule has 0 heterocycles. The van der Waals surface area contributed by atoms with E-state index < -0.39 is 11.8 Å². The average Bonchev–Trinajstić information content (AvgIpc) is 1.97. The van der Waals surface area contributed by atoms with Gasteiger partial charge in [0.25, 0.3) is 0 Å². The maximum Gasteiger partial charge on any atom is 0.508 e. The van der Waals surface area contributed by atoms with Gasteiger partial charge in [-0.3, -0.25) is 0 Å². The molecule has 4 heteroatoms. The third-order valence-corrected chi connectivity index (χ3v) is 2.94. The number of halogens is 1. The van der Waals surface area contributed by atoms with E-state index in [0.29, 0.717) is 10.5 Å². The highest BCUT2D eigenvalue weighted by Crippen LogP contribution is 2.33. The maximum atomic E-state index is 11.4. The normalized spacial score (nSPS) is 14.6. The van der Waals surface area contributed by atoms with Crippen molar-refractivity contribution in [2.24, 2.45) is 5.41 Å². The van der Waals surface area contributed by atoms with Crippen molar-refractivity contribution < 1.29 is 14.3 Å². The molecule has 0 aliphatic heterocycles. The van der Waals surface area contributed by atoms with Gasteiger partial charge in [0.15, 0.2) is 0 Å². The predicted molar refractivity (Wildman–Crippen MR) is 69.4 cm³/mol. The summed E-state index contributed by atoms with van der Waals surface area (Å²) in [5, 5.41) is 0. The Morgan fingerprint density at radius 1 is 1.27 bits per heavy atom. The second-order valence-corrected chi connectivity index (χ2v) is 7.33. The number of alkyl halides is 1. The van der Waals surface area contributed by atoms with E-state index in [1.54, 1.807) is 0 Å². The van der Waals surface area contributed by atoms with Crippen LogP contribution in [-0.4, -0.2) is 22.3 Å². The van der Waals surface area contributed by atoms with Crippen molar-refractivity contribution in [1.82, 2.24) is 0 Å². The zero-order chi connectivity index (χ0) is 12.3. The fourth-order valence-corrected chi connectivity index (χ4v) is 0.754. The van der Waals surface area contributed by atoms with Crippen LogP contribution >= 0.6 is 22.6 Å². The van der Waals surface area contributed by atoms with Crippen LogP contribution in [0.3, 0.4) is 0 Å². The number of hydrogen-bond acceptors (Lipinski definition) is 3. The van der Waals surface area contributed by atoms with Gasteiger partial charge in [0, 0.05) is 9.34 Å². The molecule has 0 aromatic carbocycles. The van der Waals surface area contributed by atoms with Crippen molar-refractivity contribution in [2.75, 3.05) is 6.61 Å². The van der Waals surface area contributed by atoms with Gasteiger partial charge in [0.1, 0.15) is 12.2 Å². The molecule has 1 atom stereocenters. The van der Waals surface area contributed by atoms with E-state index in [1.165, 1.54) is 0 Å². The average molecular weight is 328 g/mol. The monoisotopic (exact) mass is 328 g/mol. The lowest BCUT2D eigenvalue weighted by atomic mass is 9.79. The van der Waals surface area contributed by atoms with Crippen LogP contribution in [0, 0.1) is 5.41 Å². The summed E-state index contributed by atoms with van der Waals surface area (Å²) in [4.78, 5) is 11.4. The summed E-state index contributed by atoms with van der Waals surface area (Å²) >= 11 is 2.20. The van der Waals surface area contributed by atoms with Crippen LogP contribution in [0.5, 0.6) is 0 Å². The van der Waals surface area contributed by atoms with Crippen LogP contribution in [0.2, 0.25) is 0 Å². The smallest absolute Gasteiger partial charge is 0.433 e. The lowest BCUT2D eigenvalue weighted by molar-refractivity contribution is -0.0713. The van der Waals surface area contributed by atoms with Gasteiger partial charge in [-0.2, -0.15) is 0 Å². The lowest BCUT2D eigenvalue weighted by Gasteiger charge is -2.37. The molecule has 0 saturated carbocycles. The van der Waals surface area contributed by atoms with Crippen molar-refractivity contribution in [3.8, 4) is 0 Å². The molecule has 0 fully saturated rings. The van der Waals surface area contributed by atoms with Gasteiger partial charge in [0.05, 0.1) is 0 Å². The van der Waals surface area contributed by atoms with Crippen LogP contribution in [0.4, 0.5) is 4.79 Å². The minimum atomic E-state index is -0.585. The molecule has 0 spiro atoms. The Morgan fingerprint density at radius 3 is 2.07 bits per heavy atom. The Kier molecular flexibility index (Phi) is 5.37. The quantitative estimate of drug-likeness (QED) is 0.449. The summed E-state index contributed by atoms with van der Waals surface area (Å²) in [5.41, 5.74) is -0.638. The molecule has 0 aromatic heterocycles. The standard InChI is InChI=1S/C11H21IO3/c1-8(12)7-14-9(13)15-11(5,6)10(2,3)4/h8H,7H2,1-6H3. The number of carbonyl (C=O) groups is 1. The molecule has 0 bridgehead atoms. The minimum absolute atomic E-state index is 0.109. The Hall–Kier alpha value is 0. The Bertz CT molecular complexity index is 216. The first kappa shape index (κ1) is 15.0. The first-order chi connectivity index (χ1) is 6.56. The third-order valence-electron chi connectivity index (χ3n) is 2.58. The molecule has 0 rings (SSSR count). The van der Waals surface area contributed by atoms with Gasteiger partial charge >= 0.3 is 6.16 Å². The first-order valence-corrected chi connectivity index (χ1v) is 6.30. The highest BCUT2D eigenvalue weighted by Gasteiger charge is 2.37. The zero-order valence-corrected chi connectivity index (χ0v) is 12.5. The third kappa shape index (κ3) is 5.58. The molecule has 0 saturated heterocycles. The molecule has 0 aliphatic carbocycles. The van der Waals surface area contributed by atoms with E-state index in [1.807, 2.05) is 41.5 Å². The minimum Gasteiger partial charge on any atom is -0.433 e. The lowest BCUT2D eigenvalue weighted by Crippen LogP contribution is -2.41. The van der Waals surface area contributed by atoms with E-state index in [0.717, 1.165) is 0 Å². The fraction of sp³-hybridized carbons (Fsp3) is 0.909. The van der Waals surface area contributed by atoms with Crippen molar-refractivity contribution in [3.05, 3.63) is 0 Å². The predicted octanol–water partition coefficient (Wildman–Crippen LogP) is 3.79. The number of hydrogen-bond donors (Lipinski definition) is 0. The SMILES string of the molecule is CC(I)COC(=O)OC(C)(C)C(C)(C)C. The summed E-state index contributed by atoms with van der Waals surface area (Å²) in [5.74, 6) is 0. The zero-order valence-electron chi connectivity index (χ0n) is 10.4. The number of ether oxygens (including phenoxy) is 2. The Balaban J connectivity index is 4.17. The molecular formula is C11H21IO3. The summed E-state index contributed by atoms with van der Waals surface area (Å²) in [6.45, 7) is 12.2. The van der Waals surface area contributed by atoms with Crippen molar-refractivity contribution in [1.29, 1.82) is 0 Å². The van der Waals surface area contributed by atoms with Crippen LogP contribution in [0.15, 0.2) is 0 Å². The second-order valence-electron chi connectivity index (χ2n) is 5.20. The van der Waals surface area contributed by atoms with E-state index >= 15 is 0 Å². The summed E-state index contributed by atoms with van der Waals surface area (Å²) in [6, 6.07) is 0. The van der Waals surface area contributed by atoms with Gasteiger partial charge in [0.2, 0.25) is 0 Å². The van der Waals surface area contributed by atoms with Crippen molar-refractivity contribution in [3.63, 3.8) is 0 Å². The maximum absolute atomic E-state index is 11.4. The van der Waals surface area contributed by atoms with E-state index in [-0.39, 0.29) is 5.41 Å². The van der Waals surface area contributed by atoms with Gasteiger partial charge in [-0.15, -0.1) is 0 Å². The van der Waals surface area contributed by atoms with E-state index in [9.17, 15) is 4.79 Å². The summed E-state index contributed by atoms with van der Waals surface area (Å²) < 4.78 is 10.6. The van der Waals surface area contributed by atoms with Crippen LogP contribution in [0.1, 0.15) is 41.5 Å². The number of rotatable bonds is 3. The molecule has 0 N–H and O–H groups in total. The molecule has 3 nitrogen and oxygen atoms in total. The Morgan fingerprint density at radius 2 is 1.73 bits per heavy atom. The highest BCUT2D eigenvalue weighted by atomic mass is 127. The van der Waals surface area contributed by atoms with E-state index in [2.05, 4.69) is 22.6 Å². The van der Waals surface area contributed by atoms with Gasteiger partial charge in [-0.25, -0.2) is 4.79 Å². The van der Waals surface area contributed by atoms with Crippen LogP contribution < -0.4 is 0 Å². The molecule has 1 unspecified atom stereocenters. The fourth-order valence-electron chi connectivity index (χ4n) is 0.574. The summed E-state index contributed by atoms with van der Waals surface area (Å²) in [7, 11) is 0. The number of carbonyl (C=O) groups excluding carboxylic acids is 1. The molecule has 0 aliphatic rings. The van der Waals surface area contributed by atoms with Gasteiger partial charge < -0.3 is 9.47 Å². The molecule has 0 radical (unpaired) electrons. The first-order valence-electron chi connectivity index (χ1n) is 5.06. The second kappa shape index (κ2) is 5.37. The van der Waals surface area contributed by atoms with Crippen molar-refractivity contribution in [2.45, 2.75) is 51.1 Å². The topological polar surface area (TPSA) is 35.5 Å².